The van der Waals surface area contributed by atoms with Crippen LogP contribution in [0.2, 0.25) is 0 Å². The number of thiazole rings is 1. The normalized spacial score (nSPS) is 10.8. The highest BCUT2D eigenvalue weighted by atomic mass is 32.1. The number of aromatic nitrogens is 2. The van der Waals surface area contributed by atoms with Crippen LogP contribution in [0.15, 0.2) is 64.8 Å². The number of carbonyl (C=O) groups excluding carboxylic acids is 1. The fraction of sp³-hybridized carbons (Fsp3) is 0. The summed E-state index contributed by atoms with van der Waals surface area (Å²) in [5.74, 6) is -0.749. The zero-order valence-corrected chi connectivity index (χ0v) is 14.3. The molecule has 4 N–H and O–H groups in total. The second-order valence-electron chi connectivity index (χ2n) is 5.68. The van der Waals surface area contributed by atoms with Crippen LogP contribution < -0.4 is 16.6 Å². The molecule has 0 aliphatic rings. The highest BCUT2D eigenvalue weighted by Crippen LogP contribution is 2.30. The maximum Gasteiger partial charge on any atom is 0.261 e. The molecule has 0 radical (unpaired) electrons. The van der Waals surface area contributed by atoms with Crippen molar-refractivity contribution < 1.29 is 4.79 Å². The monoisotopic (exact) mass is 362 g/mol. The number of nitrogens with two attached hydrogens (primary N) is 1. The van der Waals surface area contributed by atoms with Crippen LogP contribution in [0.3, 0.4) is 0 Å². The number of H-pyrrole nitrogens is 1. The van der Waals surface area contributed by atoms with Gasteiger partial charge in [0, 0.05) is 16.6 Å². The number of pyridine rings is 1. The molecule has 0 unspecified atom stereocenters. The summed E-state index contributed by atoms with van der Waals surface area (Å²) in [7, 11) is 0. The first-order valence-corrected chi connectivity index (χ1v) is 8.73. The maximum absolute atomic E-state index is 12.1. The van der Waals surface area contributed by atoms with Gasteiger partial charge in [-0.1, -0.05) is 36.4 Å². The molecule has 0 spiro atoms. The van der Waals surface area contributed by atoms with Crippen LogP contribution in [0.4, 0.5) is 10.8 Å². The highest BCUT2D eigenvalue weighted by Gasteiger charge is 2.13. The summed E-state index contributed by atoms with van der Waals surface area (Å²) in [5.41, 5.74) is 7.79. The Bertz CT molecular complexity index is 1170. The molecule has 2 aromatic carbocycles. The summed E-state index contributed by atoms with van der Waals surface area (Å²) in [6, 6.07) is 16.8. The van der Waals surface area contributed by atoms with Crippen molar-refractivity contribution in [2.75, 3.05) is 5.32 Å². The van der Waals surface area contributed by atoms with Gasteiger partial charge in [-0.05, 0) is 23.6 Å². The molecule has 0 saturated carbocycles. The number of nitrogens with zero attached hydrogens (tertiary/aromatic N) is 1. The largest absolute Gasteiger partial charge is 0.365 e. The average Bonchev–Trinajstić information content (AvgIpc) is 3.09. The van der Waals surface area contributed by atoms with Crippen molar-refractivity contribution in [1.82, 2.24) is 9.97 Å². The molecule has 0 atom stereocenters. The van der Waals surface area contributed by atoms with E-state index in [9.17, 15) is 9.59 Å². The number of rotatable bonds is 4. The second kappa shape index (κ2) is 6.45. The number of hydrogen-bond acceptors (Lipinski definition) is 5. The fourth-order valence-corrected chi connectivity index (χ4v) is 3.46. The summed E-state index contributed by atoms with van der Waals surface area (Å²) in [4.78, 5) is 30.9. The summed E-state index contributed by atoms with van der Waals surface area (Å²) in [5, 5.41) is 6.64. The molecule has 0 aliphatic heterocycles. The third-order valence-corrected chi connectivity index (χ3v) is 4.71. The van der Waals surface area contributed by atoms with Gasteiger partial charge in [0.05, 0.1) is 11.2 Å². The quantitative estimate of drug-likeness (QED) is 0.517. The van der Waals surface area contributed by atoms with E-state index in [1.807, 2.05) is 53.9 Å². The zero-order chi connectivity index (χ0) is 18.1. The number of carbonyl (C=O) groups is 1. The van der Waals surface area contributed by atoms with Gasteiger partial charge in [0.1, 0.15) is 5.56 Å². The van der Waals surface area contributed by atoms with E-state index in [1.54, 1.807) is 0 Å². The number of fused-ring (bicyclic) bond motifs is 1. The summed E-state index contributed by atoms with van der Waals surface area (Å²) >= 11 is 1.47. The van der Waals surface area contributed by atoms with Gasteiger partial charge in [-0.25, -0.2) is 4.98 Å². The van der Waals surface area contributed by atoms with E-state index in [4.69, 9.17) is 5.73 Å². The van der Waals surface area contributed by atoms with Crippen LogP contribution in [0.1, 0.15) is 10.4 Å². The molecule has 4 rings (SSSR count). The third kappa shape index (κ3) is 2.96. The lowest BCUT2D eigenvalue weighted by molar-refractivity contribution is 0.0999. The Morgan fingerprint density at radius 1 is 1.12 bits per heavy atom. The number of amides is 1. The molecule has 0 bridgehead atoms. The summed E-state index contributed by atoms with van der Waals surface area (Å²) < 4.78 is 0. The molecule has 0 aliphatic carbocycles. The highest BCUT2D eigenvalue weighted by molar-refractivity contribution is 7.14. The molecular formula is C19H14N4O2S. The Morgan fingerprint density at radius 3 is 2.69 bits per heavy atom. The van der Waals surface area contributed by atoms with Crippen LogP contribution in [0, 0.1) is 0 Å². The Morgan fingerprint density at radius 2 is 1.92 bits per heavy atom. The van der Waals surface area contributed by atoms with E-state index in [0.717, 1.165) is 27.5 Å². The van der Waals surface area contributed by atoms with Gasteiger partial charge in [-0.2, -0.15) is 0 Å². The molecule has 6 nitrogen and oxygen atoms in total. The first-order valence-electron chi connectivity index (χ1n) is 7.85. The smallest absolute Gasteiger partial charge is 0.261 e. The van der Waals surface area contributed by atoms with E-state index >= 15 is 0 Å². The Balaban J connectivity index is 1.76. The fourth-order valence-electron chi connectivity index (χ4n) is 2.73. The van der Waals surface area contributed by atoms with Gasteiger partial charge in [0.2, 0.25) is 0 Å². The van der Waals surface area contributed by atoms with E-state index < -0.39 is 11.5 Å². The average molecular weight is 362 g/mol. The Hall–Kier alpha value is -3.45. The SMILES string of the molecule is NC(=O)c1cc2cccc(-c3csc(Nc4ccccc4)n3)c2[nH]c1=O. The van der Waals surface area contributed by atoms with Crippen LogP contribution in [-0.2, 0) is 0 Å². The molecule has 7 heteroatoms. The van der Waals surface area contributed by atoms with Crippen LogP contribution in [-0.4, -0.2) is 15.9 Å². The van der Waals surface area contributed by atoms with E-state index in [2.05, 4.69) is 15.3 Å². The molecule has 2 heterocycles. The minimum absolute atomic E-state index is 0.0561. The lowest BCUT2D eigenvalue weighted by Gasteiger charge is -2.05. The number of primary amides is 1. The van der Waals surface area contributed by atoms with Crippen LogP contribution in [0.5, 0.6) is 0 Å². The molecule has 1 amide bonds. The Kier molecular flexibility index (Phi) is 3.98. The van der Waals surface area contributed by atoms with E-state index in [0.29, 0.717) is 5.52 Å². The van der Waals surface area contributed by atoms with E-state index in [-0.39, 0.29) is 5.56 Å². The van der Waals surface area contributed by atoms with Gasteiger partial charge in [0.15, 0.2) is 5.13 Å². The first kappa shape index (κ1) is 16.0. The molecule has 4 aromatic rings. The van der Waals surface area contributed by atoms with Crippen molar-refractivity contribution >= 4 is 39.0 Å². The molecule has 128 valence electrons. The van der Waals surface area contributed by atoms with Crippen molar-refractivity contribution in [2.24, 2.45) is 5.73 Å². The van der Waals surface area contributed by atoms with Crippen molar-refractivity contribution in [1.29, 1.82) is 0 Å². The van der Waals surface area contributed by atoms with Gasteiger partial charge in [-0.15, -0.1) is 11.3 Å². The van der Waals surface area contributed by atoms with Crippen molar-refractivity contribution in [3.8, 4) is 11.3 Å². The number of aromatic amines is 1. The molecule has 2 aromatic heterocycles. The summed E-state index contributed by atoms with van der Waals surface area (Å²) in [6.45, 7) is 0. The van der Waals surface area contributed by atoms with E-state index in [1.165, 1.54) is 17.4 Å². The number of hydrogen-bond donors (Lipinski definition) is 3. The summed E-state index contributed by atoms with van der Waals surface area (Å²) in [6.07, 6.45) is 0. The number of para-hydroxylation sites is 2. The van der Waals surface area contributed by atoms with Gasteiger partial charge >= 0.3 is 0 Å². The minimum atomic E-state index is -0.749. The predicted octanol–water partition coefficient (Wildman–Crippen LogP) is 3.49. The molecule has 26 heavy (non-hydrogen) atoms. The lowest BCUT2D eigenvalue weighted by atomic mass is 10.1. The van der Waals surface area contributed by atoms with Crippen molar-refractivity contribution in [2.45, 2.75) is 0 Å². The number of nitrogens with one attached hydrogen (secondary N) is 2. The maximum atomic E-state index is 12.1. The number of benzene rings is 2. The van der Waals surface area contributed by atoms with Gasteiger partial charge in [0.25, 0.3) is 11.5 Å². The third-order valence-electron chi connectivity index (χ3n) is 3.95. The predicted molar refractivity (Wildman–Crippen MR) is 104 cm³/mol. The van der Waals surface area contributed by atoms with Gasteiger partial charge in [-0.3, -0.25) is 9.59 Å². The standard InChI is InChI=1S/C19H14N4O2S/c20-17(24)14-9-11-5-4-8-13(16(11)23-18(14)25)15-10-26-19(22-15)21-12-6-2-1-3-7-12/h1-10H,(H2,20,24)(H,21,22)(H,23,25). The lowest BCUT2D eigenvalue weighted by Crippen LogP contribution is -2.23. The second-order valence-corrected chi connectivity index (χ2v) is 6.53. The van der Waals surface area contributed by atoms with Crippen molar-refractivity contribution in [3.63, 3.8) is 0 Å². The minimum Gasteiger partial charge on any atom is -0.365 e. The van der Waals surface area contributed by atoms with Gasteiger partial charge < -0.3 is 16.0 Å². The zero-order valence-electron chi connectivity index (χ0n) is 13.5. The first-order chi connectivity index (χ1) is 12.6. The van der Waals surface area contributed by atoms with Crippen LogP contribution >= 0.6 is 11.3 Å². The molecule has 0 saturated heterocycles. The Labute approximate surface area is 152 Å². The molecular weight excluding hydrogens is 348 g/mol. The topological polar surface area (TPSA) is 101 Å². The molecule has 0 fully saturated rings. The number of anilines is 2. The van der Waals surface area contributed by atoms with Crippen molar-refractivity contribution in [3.05, 3.63) is 75.9 Å². The van der Waals surface area contributed by atoms with Crippen LogP contribution in [0.25, 0.3) is 22.2 Å².